The maximum Gasteiger partial charge on any atom is 0.0150 e. The van der Waals surface area contributed by atoms with Gasteiger partial charge in [-0.1, -0.05) is 0 Å². The van der Waals surface area contributed by atoms with E-state index in [1.54, 1.807) is 0 Å². The minimum atomic E-state index is 0.102. The monoisotopic (exact) mass is 197 g/mol. The summed E-state index contributed by atoms with van der Waals surface area (Å²) < 4.78 is 0. The summed E-state index contributed by atoms with van der Waals surface area (Å²) in [5, 5.41) is 3.43. The van der Waals surface area contributed by atoms with Crippen molar-refractivity contribution in [1.29, 1.82) is 0 Å². The van der Waals surface area contributed by atoms with Crippen LogP contribution >= 0.6 is 0 Å². The Morgan fingerprint density at radius 1 is 1.43 bits per heavy atom. The number of hydrogen-bond donors (Lipinski definition) is 2. The fourth-order valence-electron chi connectivity index (χ4n) is 2.48. The van der Waals surface area contributed by atoms with Crippen molar-refractivity contribution < 1.29 is 0 Å². The Labute approximate surface area is 87.0 Å². The first-order valence-electron chi connectivity index (χ1n) is 5.88. The highest BCUT2D eigenvalue weighted by atomic mass is 15.1. The molecule has 0 aromatic rings. The SMILES string of the molecule is CC1(N)CCN(C[C@@H]2CCNC2)CC1. The fraction of sp³-hybridized carbons (Fsp3) is 1.00. The zero-order chi connectivity index (χ0) is 10.0. The molecule has 0 aromatic carbocycles. The van der Waals surface area contributed by atoms with E-state index < -0.39 is 0 Å². The largest absolute Gasteiger partial charge is 0.325 e. The summed E-state index contributed by atoms with van der Waals surface area (Å²) in [4.78, 5) is 2.59. The van der Waals surface area contributed by atoms with E-state index in [4.69, 9.17) is 5.73 Å². The summed E-state index contributed by atoms with van der Waals surface area (Å²) in [6.45, 7) is 8.29. The van der Waals surface area contributed by atoms with Gasteiger partial charge in [-0.05, 0) is 58.3 Å². The molecule has 82 valence electrons. The highest BCUT2D eigenvalue weighted by Gasteiger charge is 2.27. The Kier molecular flexibility index (Phi) is 3.10. The van der Waals surface area contributed by atoms with Crippen molar-refractivity contribution >= 4 is 0 Å². The van der Waals surface area contributed by atoms with E-state index in [9.17, 15) is 0 Å². The van der Waals surface area contributed by atoms with Gasteiger partial charge in [-0.25, -0.2) is 0 Å². The summed E-state index contributed by atoms with van der Waals surface area (Å²) >= 11 is 0. The Morgan fingerprint density at radius 2 is 2.14 bits per heavy atom. The average molecular weight is 197 g/mol. The van der Waals surface area contributed by atoms with E-state index in [1.165, 1.54) is 39.1 Å². The highest BCUT2D eigenvalue weighted by molar-refractivity contribution is 4.87. The summed E-state index contributed by atoms with van der Waals surface area (Å²) in [7, 11) is 0. The summed E-state index contributed by atoms with van der Waals surface area (Å²) in [5.74, 6) is 0.886. The minimum Gasteiger partial charge on any atom is -0.325 e. The highest BCUT2D eigenvalue weighted by Crippen LogP contribution is 2.20. The molecule has 0 saturated carbocycles. The standard InChI is InChI=1S/C11H23N3/c1-11(12)3-6-14(7-4-11)9-10-2-5-13-8-10/h10,13H,2-9,12H2,1H3/t10-/m1/s1. The molecular weight excluding hydrogens is 174 g/mol. The van der Waals surface area contributed by atoms with Gasteiger partial charge in [0.1, 0.15) is 0 Å². The number of hydrogen-bond acceptors (Lipinski definition) is 3. The third-order valence-corrected chi connectivity index (χ3v) is 3.68. The molecule has 3 nitrogen and oxygen atoms in total. The van der Waals surface area contributed by atoms with Crippen molar-refractivity contribution in [1.82, 2.24) is 10.2 Å². The van der Waals surface area contributed by atoms with Crippen LogP contribution in [0, 0.1) is 5.92 Å². The molecule has 0 spiro atoms. The second kappa shape index (κ2) is 4.17. The quantitative estimate of drug-likeness (QED) is 0.674. The van der Waals surface area contributed by atoms with Crippen molar-refractivity contribution in [2.24, 2.45) is 11.7 Å². The van der Waals surface area contributed by atoms with Crippen LogP contribution in [0.2, 0.25) is 0 Å². The van der Waals surface area contributed by atoms with Crippen LogP contribution in [0.4, 0.5) is 0 Å². The molecule has 3 heteroatoms. The molecule has 0 amide bonds. The van der Waals surface area contributed by atoms with E-state index >= 15 is 0 Å². The molecule has 14 heavy (non-hydrogen) atoms. The third kappa shape index (κ3) is 2.69. The molecule has 2 rings (SSSR count). The zero-order valence-electron chi connectivity index (χ0n) is 9.26. The molecule has 2 aliphatic rings. The van der Waals surface area contributed by atoms with E-state index in [0.717, 1.165) is 18.8 Å². The van der Waals surface area contributed by atoms with E-state index in [2.05, 4.69) is 17.1 Å². The zero-order valence-corrected chi connectivity index (χ0v) is 9.26. The molecule has 2 heterocycles. The van der Waals surface area contributed by atoms with Crippen LogP contribution in [-0.2, 0) is 0 Å². The van der Waals surface area contributed by atoms with Gasteiger partial charge in [0.25, 0.3) is 0 Å². The van der Waals surface area contributed by atoms with Crippen molar-refractivity contribution in [3.05, 3.63) is 0 Å². The molecule has 2 aliphatic heterocycles. The molecule has 0 radical (unpaired) electrons. The molecule has 0 bridgehead atoms. The second-order valence-corrected chi connectivity index (χ2v) is 5.31. The summed E-state index contributed by atoms with van der Waals surface area (Å²) in [6, 6.07) is 0. The predicted octanol–water partition coefficient (Wildman–Crippen LogP) is 0.409. The van der Waals surface area contributed by atoms with E-state index in [1.807, 2.05) is 0 Å². The lowest BCUT2D eigenvalue weighted by Gasteiger charge is -2.37. The van der Waals surface area contributed by atoms with Crippen molar-refractivity contribution in [3.8, 4) is 0 Å². The first-order valence-corrected chi connectivity index (χ1v) is 5.88. The van der Waals surface area contributed by atoms with Gasteiger partial charge in [0, 0.05) is 12.1 Å². The van der Waals surface area contributed by atoms with Gasteiger partial charge in [-0.15, -0.1) is 0 Å². The van der Waals surface area contributed by atoms with Crippen LogP contribution in [0.5, 0.6) is 0 Å². The number of nitrogens with zero attached hydrogens (tertiary/aromatic N) is 1. The lowest BCUT2D eigenvalue weighted by Crippen LogP contribution is -2.49. The molecule has 0 aliphatic carbocycles. The summed E-state index contributed by atoms with van der Waals surface area (Å²) in [6.07, 6.45) is 3.68. The third-order valence-electron chi connectivity index (χ3n) is 3.68. The van der Waals surface area contributed by atoms with Crippen molar-refractivity contribution in [2.75, 3.05) is 32.7 Å². The van der Waals surface area contributed by atoms with Crippen LogP contribution in [0.3, 0.4) is 0 Å². The second-order valence-electron chi connectivity index (χ2n) is 5.31. The van der Waals surface area contributed by atoms with Gasteiger partial charge in [0.05, 0.1) is 0 Å². The van der Waals surface area contributed by atoms with Crippen LogP contribution in [0.15, 0.2) is 0 Å². The van der Waals surface area contributed by atoms with Gasteiger partial charge in [-0.2, -0.15) is 0 Å². The lowest BCUT2D eigenvalue weighted by molar-refractivity contribution is 0.153. The molecule has 2 saturated heterocycles. The van der Waals surface area contributed by atoms with E-state index in [0.29, 0.717) is 0 Å². The fourth-order valence-corrected chi connectivity index (χ4v) is 2.48. The predicted molar refractivity (Wildman–Crippen MR) is 59.2 cm³/mol. The Bertz CT molecular complexity index is 175. The summed E-state index contributed by atoms with van der Waals surface area (Å²) in [5.41, 5.74) is 6.21. The number of nitrogens with two attached hydrogens (primary N) is 1. The number of piperidine rings is 1. The molecule has 0 aromatic heterocycles. The Hall–Kier alpha value is -0.120. The molecule has 1 atom stereocenters. The van der Waals surface area contributed by atoms with Gasteiger partial charge in [0.2, 0.25) is 0 Å². The number of nitrogens with one attached hydrogen (secondary N) is 1. The normalized spacial score (nSPS) is 33.4. The van der Waals surface area contributed by atoms with Gasteiger partial charge in [0.15, 0.2) is 0 Å². The maximum absolute atomic E-state index is 6.11. The first-order chi connectivity index (χ1) is 6.66. The molecule has 3 N–H and O–H groups in total. The Morgan fingerprint density at radius 3 is 2.71 bits per heavy atom. The van der Waals surface area contributed by atoms with Gasteiger partial charge < -0.3 is 16.0 Å². The van der Waals surface area contributed by atoms with Crippen LogP contribution in [0.25, 0.3) is 0 Å². The maximum atomic E-state index is 6.11. The molecular formula is C11H23N3. The van der Waals surface area contributed by atoms with Gasteiger partial charge in [-0.3, -0.25) is 0 Å². The smallest absolute Gasteiger partial charge is 0.0150 e. The van der Waals surface area contributed by atoms with Crippen LogP contribution < -0.4 is 11.1 Å². The molecule has 2 fully saturated rings. The van der Waals surface area contributed by atoms with Crippen molar-refractivity contribution in [3.63, 3.8) is 0 Å². The van der Waals surface area contributed by atoms with Crippen LogP contribution in [-0.4, -0.2) is 43.2 Å². The topological polar surface area (TPSA) is 41.3 Å². The van der Waals surface area contributed by atoms with Gasteiger partial charge >= 0.3 is 0 Å². The number of likely N-dealkylation sites (tertiary alicyclic amines) is 1. The Balaban J connectivity index is 1.72. The van der Waals surface area contributed by atoms with Crippen molar-refractivity contribution in [2.45, 2.75) is 31.7 Å². The lowest BCUT2D eigenvalue weighted by atomic mass is 9.90. The first kappa shape index (κ1) is 10.4. The minimum absolute atomic E-state index is 0.102. The van der Waals surface area contributed by atoms with E-state index in [-0.39, 0.29) is 5.54 Å². The van der Waals surface area contributed by atoms with Crippen LogP contribution in [0.1, 0.15) is 26.2 Å². The average Bonchev–Trinajstić information content (AvgIpc) is 2.61. The molecule has 0 unspecified atom stereocenters. The number of rotatable bonds is 2.